The number of unbranched alkanes of at least 4 members (excludes halogenated alkanes) is 3. The Morgan fingerprint density at radius 2 is 1.08 bits per heavy atom. The third-order valence-electron chi connectivity index (χ3n) is 19.0. The number of nitrogens with zero attached hydrogens (tertiary/aromatic N) is 8. The van der Waals surface area contributed by atoms with Gasteiger partial charge in [-0.05, 0) is 170 Å². The average Bonchev–Trinajstić information content (AvgIpc) is 1.70. The molecule has 5 heterocycles. The van der Waals surface area contributed by atoms with Gasteiger partial charge in [0.05, 0.1) is 15.0 Å². The van der Waals surface area contributed by atoms with E-state index in [0.29, 0.717) is 128 Å². The van der Waals surface area contributed by atoms with Crippen molar-refractivity contribution < 1.29 is 56.5 Å². The van der Waals surface area contributed by atoms with E-state index in [1.54, 1.807) is 30.3 Å². The largest absolute Gasteiger partial charge is 2.00 e. The molecule has 2 saturated carbocycles. The molecule has 2 aliphatic carbocycles. The van der Waals surface area contributed by atoms with E-state index >= 15 is 0 Å². The number of rotatable bonds is 36. The SMILES string of the molecule is CCCCC(CC)COCCCNS(=O)(=O)c1ccc2c3[n-]c(c2c1)N=C1[N-]C(N=c2[n-]c(c4c(S(=O)(=O)NCCCOCC(CC)CCCC)cccc24)=NC2[N-]C(=N3)C3CC(S(=O)(=O)NCCCOCC(CC)CCCC)CCC23)C2CCCCC12.[Cu+2]. The summed E-state index contributed by atoms with van der Waals surface area (Å²) in [6.07, 6.45) is 17.9. The van der Waals surface area contributed by atoms with Crippen molar-refractivity contribution in [1.82, 2.24) is 24.1 Å². The van der Waals surface area contributed by atoms with Crippen LogP contribution in [0, 0.1) is 41.4 Å². The Balaban J connectivity index is 0.0000102. The maximum absolute atomic E-state index is 14.6. The van der Waals surface area contributed by atoms with E-state index in [-0.39, 0.29) is 87.8 Å². The minimum Gasteiger partial charge on any atom is -0.459 e. The number of benzene rings is 2. The topological polar surface area (TPSA) is 272 Å². The minimum absolute atomic E-state index is 0. The van der Waals surface area contributed by atoms with E-state index < -0.39 is 53.6 Å². The van der Waals surface area contributed by atoms with Crippen molar-refractivity contribution >= 4 is 74.9 Å². The van der Waals surface area contributed by atoms with E-state index in [2.05, 4.69) is 55.7 Å². The van der Waals surface area contributed by atoms with Crippen molar-refractivity contribution in [2.75, 3.05) is 59.3 Å². The second-order valence-corrected chi connectivity index (χ2v) is 30.8. The molecule has 89 heavy (non-hydrogen) atoms. The van der Waals surface area contributed by atoms with E-state index in [0.717, 1.165) is 103 Å². The maximum atomic E-state index is 14.6. The molecule has 10 unspecified atom stereocenters. The number of ether oxygens (including phenoxy) is 3. The van der Waals surface area contributed by atoms with Gasteiger partial charge < -0.3 is 54.8 Å². The van der Waals surface area contributed by atoms with E-state index in [1.165, 1.54) is 0 Å². The fourth-order valence-electron chi connectivity index (χ4n) is 13.4. The van der Waals surface area contributed by atoms with Gasteiger partial charge in [-0.15, -0.1) is 0 Å². The molecule has 3 N–H and O–H groups in total. The van der Waals surface area contributed by atoms with E-state index in [4.69, 9.17) is 54.8 Å². The smallest absolute Gasteiger partial charge is 0.459 e. The van der Waals surface area contributed by atoms with Crippen molar-refractivity contribution in [2.24, 2.45) is 61.4 Å². The molecule has 24 heteroatoms. The summed E-state index contributed by atoms with van der Waals surface area (Å²) < 4.78 is 113. The molecule has 2 aromatic heterocycles. The number of amidine groups is 2. The number of hydrogen-bond donors (Lipinski definition) is 3. The Kier molecular flexibility index (Phi) is 27.0. The monoisotopic (exact) mass is 1340 g/mol. The molecule has 2 aromatic carbocycles. The normalized spacial score (nSPS) is 22.8. The van der Waals surface area contributed by atoms with Crippen molar-refractivity contribution in [3.05, 3.63) is 58.0 Å². The first-order valence-corrected chi connectivity index (χ1v) is 38.0. The molecule has 9 rings (SSSR count). The quantitative estimate of drug-likeness (QED) is 0.0284. The van der Waals surface area contributed by atoms with Crippen LogP contribution in [-0.2, 0) is 61.3 Å². The Hall–Kier alpha value is -3.81. The number of hydrogen-bond acceptors (Lipinski definition) is 13. The Morgan fingerprint density at radius 3 is 1.66 bits per heavy atom. The van der Waals surface area contributed by atoms with Gasteiger partial charge in [0.25, 0.3) is 0 Å². The van der Waals surface area contributed by atoms with Gasteiger partial charge in [-0.2, -0.15) is 0 Å². The molecular weight excluding hydrogens is 1240 g/mol. The zero-order chi connectivity index (χ0) is 62.3. The summed E-state index contributed by atoms with van der Waals surface area (Å²) in [5.41, 5.74) is 0.472. The summed E-state index contributed by atoms with van der Waals surface area (Å²) >= 11 is 0. The Morgan fingerprint density at radius 1 is 0.551 bits per heavy atom. The average molecular weight is 1340 g/mol. The first-order chi connectivity index (χ1) is 42.6. The van der Waals surface area contributed by atoms with Gasteiger partial charge in [-0.1, -0.05) is 142 Å². The predicted molar refractivity (Wildman–Crippen MR) is 349 cm³/mol. The molecule has 4 fully saturated rings. The molecule has 499 valence electrons. The number of aliphatic imine (C=N–C) groups is 2. The number of aromatic nitrogens is 2. The van der Waals surface area contributed by atoms with Crippen LogP contribution in [0.5, 0.6) is 0 Å². The predicted octanol–water partition coefficient (Wildman–Crippen LogP) is 11.3. The van der Waals surface area contributed by atoms with Gasteiger partial charge >= 0.3 is 17.1 Å². The maximum Gasteiger partial charge on any atom is 2.00 e. The third kappa shape index (κ3) is 18.1. The Labute approximate surface area is 541 Å². The second-order valence-electron chi connectivity index (χ2n) is 25.2. The van der Waals surface area contributed by atoms with Crippen LogP contribution in [0.4, 0.5) is 11.6 Å². The number of nitrogens with one attached hydrogen (secondary N) is 3. The van der Waals surface area contributed by atoms with Gasteiger partial charge in [0.2, 0.25) is 30.1 Å². The zero-order valence-electron chi connectivity index (χ0n) is 53.4. The Bertz CT molecular complexity index is 3470. The summed E-state index contributed by atoms with van der Waals surface area (Å²) in [5, 5.41) is 11.5. The van der Waals surface area contributed by atoms with Crippen LogP contribution < -0.4 is 35.1 Å². The fourth-order valence-corrected chi connectivity index (χ4v) is 17.4. The van der Waals surface area contributed by atoms with Crippen LogP contribution in [0.25, 0.3) is 32.2 Å². The van der Waals surface area contributed by atoms with Gasteiger partial charge in [0.1, 0.15) is 0 Å². The van der Waals surface area contributed by atoms with Crippen molar-refractivity contribution in [3.63, 3.8) is 0 Å². The van der Waals surface area contributed by atoms with Crippen molar-refractivity contribution in [3.8, 4) is 0 Å². The van der Waals surface area contributed by atoms with Crippen LogP contribution in [0.2, 0.25) is 0 Å². The second kappa shape index (κ2) is 33.9. The molecule has 10 atom stereocenters. The summed E-state index contributed by atoms with van der Waals surface area (Å²) in [5.74, 6) is 1.87. The van der Waals surface area contributed by atoms with E-state index in [9.17, 15) is 25.3 Å². The first-order valence-electron chi connectivity index (χ1n) is 33.5. The molecule has 4 aromatic rings. The van der Waals surface area contributed by atoms with Crippen LogP contribution in [0.15, 0.2) is 66.2 Å². The third-order valence-corrected chi connectivity index (χ3v) is 23.9. The van der Waals surface area contributed by atoms with Crippen LogP contribution in [0.3, 0.4) is 0 Å². The molecule has 0 spiro atoms. The zero-order valence-corrected chi connectivity index (χ0v) is 56.8. The summed E-state index contributed by atoms with van der Waals surface area (Å²) in [4.78, 5) is 31.3. The van der Waals surface area contributed by atoms with Gasteiger partial charge in [0, 0.05) is 75.6 Å². The van der Waals surface area contributed by atoms with Gasteiger partial charge in [-0.3, -0.25) is 0 Å². The fraction of sp³-hybridized carbons (Fsp3) is 0.723. The van der Waals surface area contributed by atoms with Crippen molar-refractivity contribution in [2.45, 2.75) is 210 Å². The standard InChI is InChI=1S/C65H99N11O9S3.Cu/c1-7-13-22-44(10-4)41-83-36-19-33-66-86(77,78)47-29-31-51-54(39-47)63-71-59-50-26-17-16-25-49(50)58(69-59)70-62-53-27-18-28-56(88(81,82)68-35-21-38-85-43-46(12-6)24-15-9-3)57(53)65(76-62)75-61-52-32-30-48(40-55(52)64(74-61)73-60(51)72-63)87(79,80)67-34-20-37-84-42-45(11-5)23-14-8-2;/h18,27-29,31,39,44-46,48-50,52,55,58,61,66-68H,7-17,19-26,30,32-38,40-43H2,1-6H3;/q-4;+2. The molecule has 1 radical (unpaired) electrons. The first kappa shape index (κ1) is 71.0. The summed E-state index contributed by atoms with van der Waals surface area (Å²) in [6.45, 7) is 17.0. The molecule has 0 amide bonds. The van der Waals surface area contributed by atoms with Crippen molar-refractivity contribution in [1.29, 1.82) is 0 Å². The molecule has 8 bridgehead atoms. The molecule has 5 aliphatic rings. The molecular formula is C65H99CuN11O9S3-2. The van der Waals surface area contributed by atoms with Gasteiger partial charge in [0.15, 0.2) is 0 Å². The molecule has 2 saturated heterocycles. The van der Waals surface area contributed by atoms with Crippen LogP contribution in [-0.4, -0.2) is 114 Å². The number of fused-ring (bicyclic) bond motifs is 20. The molecule has 20 nitrogen and oxygen atoms in total. The summed E-state index contributed by atoms with van der Waals surface area (Å²) in [7, 11) is -12.0. The van der Waals surface area contributed by atoms with Gasteiger partial charge in [-0.25, -0.2) is 39.4 Å². The summed E-state index contributed by atoms with van der Waals surface area (Å²) in [6, 6.07) is 9.96. The molecule has 3 aliphatic heterocycles. The van der Waals surface area contributed by atoms with Crippen LogP contribution in [0.1, 0.15) is 183 Å². The minimum atomic E-state index is -4.14. The van der Waals surface area contributed by atoms with Crippen LogP contribution >= 0.6 is 0 Å². The number of sulfonamides is 3. The van der Waals surface area contributed by atoms with E-state index in [1.807, 2.05) is 6.07 Å².